The van der Waals surface area contributed by atoms with Crippen molar-refractivity contribution in [2.75, 3.05) is 13.7 Å². The van der Waals surface area contributed by atoms with Crippen molar-refractivity contribution < 1.29 is 19.1 Å². The number of esters is 1. The van der Waals surface area contributed by atoms with Gasteiger partial charge in [0.1, 0.15) is 12.6 Å². The van der Waals surface area contributed by atoms with Gasteiger partial charge in [0.15, 0.2) is 0 Å². The van der Waals surface area contributed by atoms with E-state index in [9.17, 15) is 14.4 Å². The van der Waals surface area contributed by atoms with E-state index in [1.165, 1.54) is 7.11 Å². The Morgan fingerprint density at radius 2 is 1.94 bits per heavy atom. The summed E-state index contributed by atoms with van der Waals surface area (Å²) >= 11 is 0. The van der Waals surface area contributed by atoms with Gasteiger partial charge in [-0.15, -0.1) is 0 Å². The van der Waals surface area contributed by atoms with E-state index in [1.807, 2.05) is 6.92 Å². The molecule has 0 rings (SSSR count). The number of nitrogens with one attached hydrogen (secondary N) is 2. The first-order valence-electron chi connectivity index (χ1n) is 5.32. The molecular formula is C10H19N3O4. The van der Waals surface area contributed by atoms with Crippen LogP contribution in [0.1, 0.15) is 20.3 Å². The normalized spacial score (nSPS) is 13.4. The molecule has 3 amide bonds. The number of carbonyl (C=O) groups excluding carboxylic acids is 3. The highest BCUT2D eigenvalue weighted by Crippen LogP contribution is 2.07. The van der Waals surface area contributed by atoms with E-state index in [1.54, 1.807) is 6.92 Å². The molecule has 0 aromatic rings. The van der Waals surface area contributed by atoms with E-state index in [0.29, 0.717) is 6.42 Å². The Labute approximate surface area is 100 Å². The van der Waals surface area contributed by atoms with Crippen LogP contribution in [0.25, 0.3) is 0 Å². The van der Waals surface area contributed by atoms with Crippen molar-refractivity contribution in [1.29, 1.82) is 0 Å². The minimum absolute atomic E-state index is 0.0832. The zero-order valence-electron chi connectivity index (χ0n) is 10.3. The maximum atomic E-state index is 11.7. The van der Waals surface area contributed by atoms with Crippen molar-refractivity contribution in [3.05, 3.63) is 0 Å². The van der Waals surface area contributed by atoms with E-state index in [4.69, 9.17) is 5.73 Å². The molecule has 0 bridgehead atoms. The Hall–Kier alpha value is -1.79. The number of carbonyl (C=O) groups is 3. The monoisotopic (exact) mass is 245 g/mol. The van der Waals surface area contributed by atoms with E-state index < -0.39 is 23.9 Å². The van der Waals surface area contributed by atoms with Crippen LogP contribution in [0, 0.1) is 5.92 Å². The third-order valence-corrected chi connectivity index (χ3v) is 2.43. The Morgan fingerprint density at radius 3 is 2.35 bits per heavy atom. The van der Waals surface area contributed by atoms with Crippen LogP contribution in [0.2, 0.25) is 0 Å². The highest BCUT2D eigenvalue weighted by atomic mass is 16.5. The lowest BCUT2D eigenvalue weighted by Gasteiger charge is -2.22. The molecule has 0 aliphatic rings. The van der Waals surface area contributed by atoms with Gasteiger partial charge in [-0.2, -0.15) is 0 Å². The van der Waals surface area contributed by atoms with Crippen molar-refractivity contribution in [3.8, 4) is 0 Å². The van der Waals surface area contributed by atoms with Crippen LogP contribution in [0.4, 0.5) is 4.79 Å². The van der Waals surface area contributed by atoms with E-state index in [0.717, 1.165) is 0 Å². The lowest BCUT2D eigenvalue weighted by Crippen LogP contribution is -2.52. The van der Waals surface area contributed by atoms with Crippen LogP contribution in [0.3, 0.4) is 0 Å². The molecule has 2 unspecified atom stereocenters. The van der Waals surface area contributed by atoms with Gasteiger partial charge >= 0.3 is 12.0 Å². The molecule has 0 aliphatic heterocycles. The van der Waals surface area contributed by atoms with Crippen LogP contribution >= 0.6 is 0 Å². The van der Waals surface area contributed by atoms with Crippen LogP contribution in [-0.2, 0) is 14.3 Å². The maximum absolute atomic E-state index is 11.7. The molecule has 0 saturated heterocycles. The van der Waals surface area contributed by atoms with Gasteiger partial charge in [0.05, 0.1) is 7.11 Å². The molecule has 0 radical (unpaired) electrons. The van der Waals surface area contributed by atoms with Crippen molar-refractivity contribution in [2.24, 2.45) is 11.7 Å². The standard InChI is InChI=1S/C10H19N3O4/c1-4-6(2)8(13-10(11)16)9(15)12-5-7(14)17-3/h6,8H,4-5H2,1-3H3,(H,12,15)(H3,11,13,16). The van der Waals surface area contributed by atoms with Crippen LogP contribution in [0.15, 0.2) is 0 Å². The lowest BCUT2D eigenvalue weighted by atomic mass is 9.98. The van der Waals surface area contributed by atoms with Crippen molar-refractivity contribution >= 4 is 17.9 Å². The minimum atomic E-state index is -0.775. The maximum Gasteiger partial charge on any atom is 0.325 e. The second-order valence-corrected chi connectivity index (χ2v) is 3.67. The summed E-state index contributed by atoms with van der Waals surface area (Å²) in [5.41, 5.74) is 4.98. The number of amides is 3. The summed E-state index contributed by atoms with van der Waals surface area (Å²) < 4.78 is 4.38. The zero-order chi connectivity index (χ0) is 13.4. The van der Waals surface area contributed by atoms with Crippen LogP contribution in [-0.4, -0.2) is 37.6 Å². The molecule has 2 atom stereocenters. The fraction of sp³-hybridized carbons (Fsp3) is 0.700. The highest BCUT2D eigenvalue weighted by Gasteiger charge is 2.25. The number of hydrogen-bond acceptors (Lipinski definition) is 4. The van der Waals surface area contributed by atoms with Gasteiger partial charge < -0.3 is 21.1 Å². The molecule has 0 saturated carbocycles. The zero-order valence-corrected chi connectivity index (χ0v) is 10.3. The molecular weight excluding hydrogens is 226 g/mol. The minimum Gasteiger partial charge on any atom is -0.468 e. The second kappa shape index (κ2) is 7.48. The Kier molecular flexibility index (Phi) is 6.69. The third kappa shape index (κ3) is 5.74. The molecule has 0 aromatic carbocycles. The predicted molar refractivity (Wildman–Crippen MR) is 61.0 cm³/mol. The summed E-state index contributed by atoms with van der Waals surface area (Å²) in [6.45, 7) is 3.45. The fourth-order valence-corrected chi connectivity index (χ4v) is 1.20. The van der Waals surface area contributed by atoms with Crippen LogP contribution in [0.5, 0.6) is 0 Å². The van der Waals surface area contributed by atoms with Crippen molar-refractivity contribution in [1.82, 2.24) is 10.6 Å². The molecule has 0 aliphatic carbocycles. The Bertz CT molecular complexity index is 293. The molecule has 0 heterocycles. The Morgan fingerprint density at radius 1 is 1.35 bits per heavy atom. The predicted octanol–water partition coefficient (Wildman–Crippen LogP) is -0.641. The quantitative estimate of drug-likeness (QED) is 0.540. The molecule has 17 heavy (non-hydrogen) atoms. The second-order valence-electron chi connectivity index (χ2n) is 3.67. The van der Waals surface area contributed by atoms with Crippen molar-refractivity contribution in [3.63, 3.8) is 0 Å². The molecule has 0 aromatic heterocycles. The average Bonchev–Trinajstić information content (AvgIpc) is 2.31. The first-order chi connectivity index (χ1) is 7.92. The first-order valence-corrected chi connectivity index (χ1v) is 5.32. The van der Waals surface area contributed by atoms with Gasteiger partial charge in [0.2, 0.25) is 5.91 Å². The van der Waals surface area contributed by atoms with Gasteiger partial charge in [-0.1, -0.05) is 20.3 Å². The third-order valence-electron chi connectivity index (χ3n) is 2.43. The topological polar surface area (TPSA) is 111 Å². The smallest absolute Gasteiger partial charge is 0.325 e. The largest absolute Gasteiger partial charge is 0.468 e. The van der Waals surface area contributed by atoms with Gasteiger partial charge in [0.25, 0.3) is 0 Å². The Balaban J connectivity index is 4.42. The molecule has 98 valence electrons. The fourth-order valence-electron chi connectivity index (χ4n) is 1.20. The van der Waals surface area contributed by atoms with E-state index in [2.05, 4.69) is 15.4 Å². The number of rotatable bonds is 6. The number of nitrogens with two attached hydrogens (primary N) is 1. The number of primary amides is 1. The van der Waals surface area contributed by atoms with Gasteiger partial charge in [-0.05, 0) is 5.92 Å². The van der Waals surface area contributed by atoms with E-state index >= 15 is 0 Å². The summed E-state index contributed by atoms with van der Waals surface area (Å²) in [5.74, 6) is -1.09. The van der Waals surface area contributed by atoms with Crippen LogP contribution < -0.4 is 16.4 Å². The number of ether oxygens (including phenoxy) is 1. The molecule has 7 heteroatoms. The highest BCUT2D eigenvalue weighted by molar-refractivity contribution is 5.89. The first kappa shape index (κ1) is 15.2. The summed E-state index contributed by atoms with van der Waals surface area (Å²) in [6.07, 6.45) is 0.691. The van der Waals surface area contributed by atoms with Gasteiger partial charge in [-0.3, -0.25) is 9.59 Å². The lowest BCUT2D eigenvalue weighted by molar-refractivity contribution is -0.141. The SMILES string of the molecule is CCC(C)C(NC(N)=O)C(=O)NCC(=O)OC. The molecule has 4 N–H and O–H groups in total. The average molecular weight is 245 g/mol. The van der Waals surface area contributed by atoms with Gasteiger partial charge in [0, 0.05) is 0 Å². The van der Waals surface area contributed by atoms with Gasteiger partial charge in [-0.25, -0.2) is 4.79 Å². The summed E-state index contributed by atoms with van der Waals surface area (Å²) in [4.78, 5) is 33.3. The number of hydrogen-bond donors (Lipinski definition) is 3. The number of urea groups is 1. The summed E-state index contributed by atoms with van der Waals surface area (Å²) in [5, 5.41) is 4.72. The summed E-state index contributed by atoms with van der Waals surface area (Å²) in [6, 6.07) is -1.52. The van der Waals surface area contributed by atoms with Crippen molar-refractivity contribution in [2.45, 2.75) is 26.3 Å². The molecule has 0 fully saturated rings. The summed E-state index contributed by atoms with van der Waals surface area (Å²) in [7, 11) is 1.22. The van der Waals surface area contributed by atoms with E-state index in [-0.39, 0.29) is 12.5 Å². The number of methoxy groups -OCH3 is 1. The molecule has 7 nitrogen and oxygen atoms in total. The molecule has 0 spiro atoms.